The van der Waals surface area contributed by atoms with Gasteiger partial charge >= 0.3 is 0 Å². The lowest BCUT2D eigenvalue weighted by atomic mass is 9.75. The maximum Gasteiger partial charge on any atom is -0.00202 e. The van der Waals surface area contributed by atoms with Crippen molar-refractivity contribution in [1.82, 2.24) is 0 Å². The highest BCUT2D eigenvalue weighted by Crippen LogP contribution is 2.40. The number of benzene rings is 2. The normalized spacial score (nSPS) is 15.2. The summed E-state index contributed by atoms with van der Waals surface area (Å²) in [5.74, 6) is 1.42. The third-order valence-corrected chi connectivity index (χ3v) is 5.07. The molecule has 110 valence electrons. The first-order valence-corrected chi connectivity index (χ1v) is 8.33. The molecule has 0 bridgehead atoms. The van der Waals surface area contributed by atoms with Crippen LogP contribution in [-0.4, -0.2) is 0 Å². The molecule has 1 aliphatic rings. The van der Waals surface area contributed by atoms with E-state index in [0.29, 0.717) is 5.92 Å². The summed E-state index contributed by atoms with van der Waals surface area (Å²) in [6.45, 7) is 6.94. The van der Waals surface area contributed by atoms with E-state index in [1.54, 1.807) is 11.1 Å². The second-order valence-electron chi connectivity index (χ2n) is 6.79. The standard InChI is InChI=1S/C21H26/c1-15(2)19-12-13-20(18-10-7-11-18)21(16(19)3)14-17-8-5-4-6-9-17/h4-6,8-9,12-13,15,18H,7,10-11,14H2,1-3H3. The minimum absolute atomic E-state index is 0.606. The van der Waals surface area contributed by atoms with E-state index in [1.807, 2.05) is 0 Å². The van der Waals surface area contributed by atoms with E-state index in [9.17, 15) is 0 Å². The molecule has 0 aliphatic heterocycles. The molecular formula is C21H26. The van der Waals surface area contributed by atoms with Crippen LogP contribution in [0.2, 0.25) is 0 Å². The molecule has 0 N–H and O–H groups in total. The van der Waals surface area contributed by atoms with Crippen molar-refractivity contribution >= 4 is 0 Å². The van der Waals surface area contributed by atoms with Crippen LogP contribution < -0.4 is 0 Å². The third kappa shape index (κ3) is 2.90. The zero-order valence-corrected chi connectivity index (χ0v) is 13.5. The minimum Gasteiger partial charge on any atom is -0.0622 e. The van der Waals surface area contributed by atoms with Crippen LogP contribution in [0, 0.1) is 6.92 Å². The van der Waals surface area contributed by atoms with Crippen molar-refractivity contribution in [2.24, 2.45) is 0 Å². The van der Waals surface area contributed by atoms with Gasteiger partial charge in [0.25, 0.3) is 0 Å². The van der Waals surface area contributed by atoms with Crippen LogP contribution >= 0.6 is 0 Å². The van der Waals surface area contributed by atoms with Crippen LogP contribution in [0.15, 0.2) is 42.5 Å². The van der Waals surface area contributed by atoms with Crippen LogP contribution in [0.4, 0.5) is 0 Å². The Bertz CT molecular complexity index is 603. The van der Waals surface area contributed by atoms with Crippen molar-refractivity contribution in [2.45, 2.75) is 58.3 Å². The Labute approximate surface area is 129 Å². The molecule has 1 fully saturated rings. The summed E-state index contributed by atoms with van der Waals surface area (Å²) in [5.41, 5.74) is 7.69. The second-order valence-corrected chi connectivity index (χ2v) is 6.79. The molecule has 0 spiro atoms. The SMILES string of the molecule is Cc1c(C(C)C)ccc(C2CCC2)c1Cc1ccccc1. The quantitative estimate of drug-likeness (QED) is 0.645. The van der Waals surface area contributed by atoms with Gasteiger partial charge in [-0.15, -0.1) is 0 Å². The molecule has 3 rings (SSSR count). The minimum atomic E-state index is 0.606. The highest BCUT2D eigenvalue weighted by molar-refractivity contribution is 5.46. The monoisotopic (exact) mass is 278 g/mol. The highest BCUT2D eigenvalue weighted by atomic mass is 14.3. The van der Waals surface area contributed by atoms with E-state index in [0.717, 1.165) is 12.3 Å². The van der Waals surface area contributed by atoms with Crippen molar-refractivity contribution in [3.63, 3.8) is 0 Å². The first-order valence-electron chi connectivity index (χ1n) is 8.33. The fraction of sp³-hybridized carbons (Fsp3) is 0.429. The van der Waals surface area contributed by atoms with Gasteiger partial charge in [0.05, 0.1) is 0 Å². The largest absolute Gasteiger partial charge is 0.0622 e. The van der Waals surface area contributed by atoms with Crippen LogP contribution in [0.25, 0.3) is 0 Å². The Hall–Kier alpha value is -1.56. The van der Waals surface area contributed by atoms with Crippen molar-refractivity contribution in [1.29, 1.82) is 0 Å². The van der Waals surface area contributed by atoms with Crippen molar-refractivity contribution < 1.29 is 0 Å². The van der Waals surface area contributed by atoms with E-state index in [4.69, 9.17) is 0 Å². The van der Waals surface area contributed by atoms with Gasteiger partial charge < -0.3 is 0 Å². The summed E-state index contributed by atoms with van der Waals surface area (Å²) in [5, 5.41) is 0. The van der Waals surface area contributed by atoms with Gasteiger partial charge in [-0.25, -0.2) is 0 Å². The molecule has 0 heterocycles. The van der Waals surface area contributed by atoms with Gasteiger partial charge in [-0.2, -0.15) is 0 Å². The Balaban J connectivity index is 2.03. The zero-order valence-electron chi connectivity index (χ0n) is 13.5. The lowest BCUT2D eigenvalue weighted by molar-refractivity contribution is 0.417. The molecule has 2 aromatic carbocycles. The second kappa shape index (κ2) is 6.05. The van der Waals surface area contributed by atoms with Crippen molar-refractivity contribution in [3.05, 3.63) is 70.3 Å². The van der Waals surface area contributed by atoms with Crippen LogP contribution in [0.3, 0.4) is 0 Å². The first kappa shape index (κ1) is 14.4. The summed E-state index contributed by atoms with van der Waals surface area (Å²) in [6.07, 6.45) is 5.24. The van der Waals surface area contributed by atoms with Crippen LogP contribution in [-0.2, 0) is 6.42 Å². The van der Waals surface area contributed by atoms with Crippen LogP contribution in [0.1, 0.15) is 72.8 Å². The lowest BCUT2D eigenvalue weighted by Crippen LogP contribution is -2.13. The zero-order chi connectivity index (χ0) is 14.8. The maximum absolute atomic E-state index is 2.42. The van der Waals surface area contributed by atoms with Gasteiger partial charge in [0.15, 0.2) is 0 Å². The van der Waals surface area contributed by atoms with E-state index in [-0.39, 0.29) is 0 Å². The number of hydrogen-bond donors (Lipinski definition) is 0. The summed E-state index contributed by atoms with van der Waals surface area (Å²) < 4.78 is 0. The predicted molar refractivity (Wildman–Crippen MR) is 91.1 cm³/mol. The topological polar surface area (TPSA) is 0 Å². The summed E-state index contributed by atoms with van der Waals surface area (Å²) in [6, 6.07) is 15.7. The lowest BCUT2D eigenvalue weighted by Gasteiger charge is -2.30. The van der Waals surface area contributed by atoms with Gasteiger partial charge in [-0.1, -0.05) is 62.7 Å². The predicted octanol–water partition coefficient (Wildman–Crippen LogP) is 5.98. The van der Waals surface area contributed by atoms with E-state index in [1.165, 1.54) is 36.0 Å². The Morgan fingerprint density at radius 2 is 1.71 bits per heavy atom. The molecule has 0 nitrogen and oxygen atoms in total. The first-order chi connectivity index (χ1) is 10.2. The molecule has 0 atom stereocenters. The highest BCUT2D eigenvalue weighted by Gasteiger charge is 2.24. The Morgan fingerprint density at radius 3 is 2.29 bits per heavy atom. The number of hydrogen-bond acceptors (Lipinski definition) is 0. The van der Waals surface area contributed by atoms with E-state index >= 15 is 0 Å². The average Bonchev–Trinajstić information content (AvgIpc) is 2.41. The smallest absolute Gasteiger partial charge is 0.00202 e. The summed E-state index contributed by atoms with van der Waals surface area (Å²) in [4.78, 5) is 0. The molecule has 0 heteroatoms. The summed E-state index contributed by atoms with van der Waals surface area (Å²) in [7, 11) is 0. The summed E-state index contributed by atoms with van der Waals surface area (Å²) >= 11 is 0. The van der Waals surface area contributed by atoms with Crippen LogP contribution in [0.5, 0.6) is 0 Å². The Kier molecular flexibility index (Phi) is 4.14. The molecule has 2 aromatic rings. The van der Waals surface area contributed by atoms with Crippen molar-refractivity contribution in [3.8, 4) is 0 Å². The van der Waals surface area contributed by atoms with Gasteiger partial charge in [0.2, 0.25) is 0 Å². The molecule has 0 amide bonds. The average molecular weight is 278 g/mol. The molecule has 0 radical (unpaired) electrons. The molecule has 1 saturated carbocycles. The Morgan fingerprint density at radius 1 is 1.00 bits per heavy atom. The molecule has 0 unspecified atom stereocenters. The molecular weight excluding hydrogens is 252 g/mol. The van der Waals surface area contributed by atoms with Gasteiger partial charge in [0.1, 0.15) is 0 Å². The maximum atomic E-state index is 2.42. The van der Waals surface area contributed by atoms with Gasteiger partial charge in [-0.3, -0.25) is 0 Å². The number of rotatable bonds is 4. The van der Waals surface area contributed by atoms with E-state index in [2.05, 4.69) is 63.2 Å². The van der Waals surface area contributed by atoms with Gasteiger partial charge in [-0.05, 0) is 65.8 Å². The molecule has 0 aromatic heterocycles. The fourth-order valence-electron chi connectivity index (χ4n) is 3.56. The molecule has 1 aliphatic carbocycles. The van der Waals surface area contributed by atoms with Gasteiger partial charge in [0, 0.05) is 0 Å². The third-order valence-electron chi connectivity index (χ3n) is 5.07. The van der Waals surface area contributed by atoms with E-state index < -0.39 is 0 Å². The van der Waals surface area contributed by atoms with Crippen molar-refractivity contribution in [2.75, 3.05) is 0 Å². The molecule has 21 heavy (non-hydrogen) atoms. The molecule has 0 saturated heterocycles. The fourth-order valence-corrected chi connectivity index (χ4v) is 3.56.